The van der Waals surface area contributed by atoms with E-state index in [0.717, 1.165) is 33.7 Å². The summed E-state index contributed by atoms with van der Waals surface area (Å²) < 4.78 is 10.8. The number of fused-ring (bicyclic) bond motifs is 2. The number of hydrogen-bond donors (Lipinski definition) is 2. The van der Waals surface area contributed by atoms with Gasteiger partial charge in [-0.3, -0.25) is 9.78 Å². The average Bonchev–Trinajstić information content (AvgIpc) is 3.25. The monoisotopic (exact) mass is 407 g/mol. The van der Waals surface area contributed by atoms with Crippen LogP contribution in [0.25, 0.3) is 10.8 Å². The predicted octanol–water partition coefficient (Wildman–Crippen LogP) is 2.67. The van der Waals surface area contributed by atoms with E-state index in [1.807, 2.05) is 24.3 Å². The summed E-state index contributed by atoms with van der Waals surface area (Å²) in [5.41, 5.74) is 1.04. The number of ether oxygens (including phenoxy) is 2. The Hall–Kier alpha value is -3.62. The smallest absolute Gasteiger partial charge is 0.306 e. The molecular formula is C21H21N5O4. The third-order valence-corrected chi connectivity index (χ3v) is 5.60. The molecule has 154 valence electrons. The second-order valence-electron chi connectivity index (χ2n) is 7.43. The van der Waals surface area contributed by atoms with Crippen molar-refractivity contribution in [3.05, 3.63) is 42.2 Å². The molecule has 1 saturated heterocycles. The van der Waals surface area contributed by atoms with Gasteiger partial charge in [0.25, 0.3) is 0 Å². The van der Waals surface area contributed by atoms with Gasteiger partial charge in [0, 0.05) is 42.8 Å². The molecule has 0 aliphatic carbocycles. The number of aliphatic carboxylic acids is 1. The summed E-state index contributed by atoms with van der Waals surface area (Å²) >= 11 is 0. The van der Waals surface area contributed by atoms with E-state index >= 15 is 0 Å². The zero-order chi connectivity index (χ0) is 20.5. The normalized spacial score (nSPS) is 16.1. The fourth-order valence-corrected chi connectivity index (χ4v) is 3.92. The molecule has 0 amide bonds. The first-order chi connectivity index (χ1) is 14.7. The highest BCUT2D eigenvalue weighted by Gasteiger charge is 2.26. The van der Waals surface area contributed by atoms with E-state index in [1.165, 1.54) is 0 Å². The molecule has 2 aliphatic rings. The predicted molar refractivity (Wildman–Crippen MR) is 110 cm³/mol. The van der Waals surface area contributed by atoms with Crippen LogP contribution in [0.2, 0.25) is 0 Å². The van der Waals surface area contributed by atoms with Crippen molar-refractivity contribution < 1.29 is 19.4 Å². The molecule has 30 heavy (non-hydrogen) atoms. The molecule has 0 saturated carbocycles. The third kappa shape index (κ3) is 3.42. The van der Waals surface area contributed by atoms with Crippen LogP contribution in [0, 0.1) is 5.92 Å². The van der Waals surface area contributed by atoms with Crippen molar-refractivity contribution in [2.24, 2.45) is 5.92 Å². The molecule has 0 bridgehead atoms. The SMILES string of the molecule is O=C(O)C1CCN(c2nnc(NCc3ccc4c(c3)OCO4)c3ccncc23)CC1. The Bertz CT molecular complexity index is 1100. The number of nitrogens with zero attached hydrogens (tertiary/aromatic N) is 4. The number of aromatic nitrogens is 3. The summed E-state index contributed by atoms with van der Waals surface area (Å²) in [6, 6.07) is 7.75. The highest BCUT2D eigenvalue weighted by molar-refractivity contribution is 5.98. The minimum atomic E-state index is -0.727. The summed E-state index contributed by atoms with van der Waals surface area (Å²) in [5.74, 6) is 1.90. The van der Waals surface area contributed by atoms with Crippen molar-refractivity contribution in [2.75, 3.05) is 30.1 Å². The number of nitrogens with one attached hydrogen (secondary N) is 1. The summed E-state index contributed by atoms with van der Waals surface area (Å²) in [5, 5.41) is 23.3. The molecule has 3 aromatic rings. The Labute approximate surface area is 172 Å². The van der Waals surface area contributed by atoms with Crippen molar-refractivity contribution in [1.29, 1.82) is 0 Å². The van der Waals surface area contributed by atoms with Gasteiger partial charge in [-0.25, -0.2) is 0 Å². The van der Waals surface area contributed by atoms with E-state index in [2.05, 4.69) is 25.4 Å². The van der Waals surface area contributed by atoms with E-state index in [-0.39, 0.29) is 12.7 Å². The molecule has 1 fully saturated rings. The number of hydrogen-bond acceptors (Lipinski definition) is 8. The lowest BCUT2D eigenvalue weighted by Gasteiger charge is -2.31. The lowest BCUT2D eigenvalue weighted by atomic mass is 9.97. The zero-order valence-corrected chi connectivity index (χ0v) is 16.2. The van der Waals surface area contributed by atoms with E-state index < -0.39 is 5.97 Å². The number of carboxylic acid groups (broad SMARTS) is 1. The highest BCUT2D eigenvalue weighted by Crippen LogP contribution is 2.33. The van der Waals surface area contributed by atoms with E-state index in [0.29, 0.717) is 38.3 Å². The van der Waals surface area contributed by atoms with Gasteiger partial charge in [-0.05, 0) is 36.6 Å². The summed E-state index contributed by atoms with van der Waals surface area (Å²) in [6.07, 6.45) is 4.72. The van der Waals surface area contributed by atoms with Crippen LogP contribution in [0.3, 0.4) is 0 Å². The van der Waals surface area contributed by atoms with Gasteiger partial charge >= 0.3 is 5.97 Å². The topological polar surface area (TPSA) is 110 Å². The highest BCUT2D eigenvalue weighted by atomic mass is 16.7. The quantitative estimate of drug-likeness (QED) is 0.659. The number of benzene rings is 1. The van der Waals surface area contributed by atoms with Crippen molar-refractivity contribution >= 4 is 28.4 Å². The molecule has 1 aromatic carbocycles. The van der Waals surface area contributed by atoms with E-state index in [9.17, 15) is 9.90 Å². The molecule has 4 heterocycles. The molecule has 0 unspecified atom stereocenters. The maximum atomic E-state index is 11.2. The number of pyridine rings is 1. The van der Waals surface area contributed by atoms with Gasteiger partial charge < -0.3 is 24.8 Å². The lowest BCUT2D eigenvalue weighted by molar-refractivity contribution is -0.142. The van der Waals surface area contributed by atoms with Gasteiger partial charge in [0.05, 0.1) is 5.92 Å². The molecule has 2 aliphatic heterocycles. The van der Waals surface area contributed by atoms with Crippen molar-refractivity contribution in [3.8, 4) is 11.5 Å². The fourth-order valence-electron chi connectivity index (χ4n) is 3.92. The zero-order valence-electron chi connectivity index (χ0n) is 16.2. The Morgan fingerprint density at radius 2 is 1.97 bits per heavy atom. The maximum Gasteiger partial charge on any atom is 0.306 e. The standard InChI is InChI=1S/C21H21N5O4/c27-21(28)14-4-7-26(8-5-14)20-16-11-22-6-3-15(16)19(24-25-20)23-10-13-1-2-17-18(9-13)30-12-29-17/h1-3,6,9,11,14H,4-5,7-8,10,12H2,(H,23,24)(H,27,28). The van der Waals surface area contributed by atoms with Crippen LogP contribution in [0.5, 0.6) is 11.5 Å². The van der Waals surface area contributed by atoms with Gasteiger partial charge in [0.15, 0.2) is 23.1 Å². The summed E-state index contributed by atoms with van der Waals surface area (Å²) in [7, 11) is 0. The average molecular weight is 407 g/mol. The van der Waals surface area contributed by atoms with Crippen LogP contribution >= 0.6 is 0 Å². The van der Waals surface area contributed by atoms with Gasteiger partial charge in [0.2, 0.25) is 6.79 Å². The second-order valence-corrected chi connectivity index (χ2v) is 7.43. The van der Waals surface area contributed by atoms with Crippen LogP contribution in [-0.2, 0) is 11.3 Å². The van der Waals surface area contributed by atoms with Gasteiger partial charge in [-0.2, -0.15) is 0 Å². The molecule has 0 spiro atoms. The number of rotatable bonds is 5. The molecule has 2 aromatic heterocycles. The molecule has 9 nitrogen and oxygen atoms in total. The van der Waals surface area contributed by atoms with Gasteiger partial charge in [-0.15, -0.1) is 10.2 Å². The Kier molecular flexibility index (Phi) is 4.70. The summed E-state index contributed by atoms with van der Waals surface area (Å²) in [4.78, 5) is 17.6. The van der Waals surface area contributed by atoms with Crippen LogP contribution in [-0.4, -0.2) is 46.1 Å². The number of anilines is 2. The van der Waals surface area contributed by atoms with Crippen molar-refractivity contribution in [3.63, 3.8) is 0 Å². The molecule has 2 N–H and O–H groups in total. The van der Waals surface area contributed by atoms with Crippen molar-refractivity contribution in [1.82, 2.24) is 15.2 Å². The fraction of sp³-hybridized carbons (Fsp3) is 0.333. The molecule has 0 atom stereocenters. The maximum absolute atomic E-state index is 11.2. The lowest BCUT2D eigenvalue weighted by Crippen LogP contribution is -2.37. The van der Waals surface area contributed by atoms with Gasteiger partial charge in [-0.1, -0.05) is 6.07 Å². The number of piperidine rings is 1. The first-order valence-corrected chi connectivity index (χ1v) is 9.89. The van der Waals surface area contributed by atoms with Crippen LogP contribution in [0.15, 0.2) is 36.7 Å². The number of carboxylic acids is 1. The van der Waals surface area contributed by atoms with Crippen molar-refractivity contribution in [2.45, 2.75) is 19.4 Å². The van der Waals surface area contributed by atoms with E-state index in [1.54, 1.807) is 12.4 Å². The number of carbonyl (C=O) groups is 1. The Morgan fingerprint density at radius 1 is 1.13 bits per heavy atom. The Morgan fingerprint density at radius 3 is 2.80 bits per heavy atom. The summed E-state index contributed by atoms with van der Waals surface area (Å²) in [6.45, 7) is 2.09. The molecular weight excluding hydrogens is 386 g/mol. The molecule has 5 rings (SSSR count). The van der Waals surface area contributed by atoms with E-state index in [4.69, 9.17) is 9.47 Å². The first kappa shape index (κ1) is 18.4. The minimum absolute atomic E-state index is 0.250. The third-order valence-electron chi connectivity index (χ3n) is 5.60. The molecule has 9 heteroatoms. The second kappa shape index (κ2) is 7.66. The molecule has 0 radical (unpaired) electrons. The van der Waals surface area contributed by atoms with Crippen LogP contribution in [0.1, 0.15) is 18.4 Å². The minimum Gasteiger partial charge on any atom is -0.481 e. The Balaban J connectivity index is 1.37. The largest absolute Gasteiger partial charge is 0.481 e. The first-order valence-electron chi connectivity index (χ1n) is 9.89. The van der Waals surface area contributed by atoms with Gasteiger partial charge in [0.1, 0.15) is 0 Å². The van der Waals surface area contributed by atoms with Crippen LogP contribution < -0.4 is 19.7 Å². The van der Waals surface area contributed by atoms with Crippen LogP contribution in [0.4, 0.5) is 11.6 Å².